The van der Waals surface area contributed by atoms with Crippen molar-refractivity contribution in [3.05, 3.63) is 0 Å². The van der Waals surface area contributed by atoms with Crippen molar-refractivity contribution in [2.24, 2.45) is 0 Å². The second kappa shape index (κ2) is 2.29. The molecule has 0 radical (unpaired) electrons. The van der Waals surface area contributed by atoms with Crippen molar-refractivity contribution < 1.29 is 4.55 Å². The van der Waals surface area contributed by atoms with E-state index >= 15 is 0 Å². The molecular formula is C4H8OS2. The molecule has 1 fully saturated rings. The van der Waals surface area contributed by atoms with E-state index in [9.17, 15) is 4.55 Å². The van der Waals surface area contributed by atoms with Crippen LogP contribution in [0, 0.1) is 0 Å². The molecule has 42 valence electrons. The molecule has 0 spiro atoms. The summed E-state index contributed by atoms with van der Waals surface area (Å²) in [5, 5.41) is 0. The van der Waals surface area contributed by atoms with Crippen molar-refractivity contribution in [3.63, 3.8) is 0 Å². The van der Waals surface area contributed by atoms with Crippen molar-refractivity contribution >= 4 is 21.0 Å². The minimum atomic E-state index is -0.482. The molecular weight excluding hydrogens is 128 g/mol. The van der Waals surface area contributed by atoms with E-state index in [0.717, 1.165) is 6.42 Å². The van der Waals surface area contributed by atoms with Crippen molar-refractivity contribution in [1.29, 1.82) is 0 Å². The van der Waals surface area contributed by atoms with Crippen molar-refractivity contribution in [1.82, 2.24) is 0 Å². The Hall–Kier alpha value is 0.660. The van der Waals surface area contributed by atoms with E-state index in [2.05, 4.69) is 6.92 Å². The molecule has 2 atom stereocenters. The maximum absolute atomic E-state index is 10.4. The van der Waals surface area contributed by atoms with Crippen LogP contribution in [0.4, 0.5) is 0 Å². The Morgan fingerprint density at radius 3 is 2.57 bits per heavy atom. The summed E-state index contributed by atoms with van der Waals surface area (Å²) in [6.07, 6.45) is 2.31. The van der Waals surface area contributed by atoms with Gasteiger partial charge in [0.25, 0.3) is 0 Å². The average Bonchev–Trinajstić information content (AvgIpc) is 2.22. The summed E-state index contributed by atoms with van der Waals surface area (Å²) >= 11 is 0. The van der Waals surface area contributed by atoms with Gasteiger partial charge in [-0.15, -0.1) is 0 Å². The van der Waals surface area contributed by atoms with E-state index in [0.29, 0.717) is 4.58 Å². The molecule has 0 amide bonds. The highest BCUT2D eigenvalue weighted by molar-refractivity contribution is 8.88. The molecule has 2 unspecified atom stereocenters. The average molecular weight is 136 g/mol. The maximum atomic E-state index is 10.4. The Labute approximate surface area is 50.4 Å². The van der Waals surface area contributed by atoms with E-state index < -0.39 is 10.2 Å². The van der Waals surface area contributed by atoms with Crippen LogP contribution in [0.1, 0.15) is 19.8 Å². The van der Waals surface area contributed by atoms with Gasteiger partial charge < -0.3 is 4.55 Å². The summed E-state index contributed by atoms with van der Waals surface area (Å²) in [6.45, 7) is 2.12. The standard InChI is InChI=1S/C4H8OS2/c1-2-3-4-6-7(4)5/h4H,2-3H2,1H3. The summed E-state index contributed by atoms with van der Waals surface area (Å²) in [5.74, 6) is 0. The van der Waals surface area contributed by atoms with Gasteiger partial charge in [-0.2, -0.15) is 0 Å². The number of hydrogen-bond donors (Lipinski definition) is 0. The molecule has 0 N–H and O–H groups in total. The van der Waals surface area contributed by atoms with Gasteiger partial charge in [-0.05, 0) is 0 Å². The molecule has 0 saturated carbocycles. The predicted molar refractivity (Wildman–Crippen MR) is 34.4 cm³/mol. The lowest BCUT2D eigenvalue weighted by molar-refractivity contribution is 0.610. The van der Waals surface area contributed by atoms with Gasteiger partial charge in [-0.3, -0.25) is 0 Å². The fourth-order valence-electron chi connectivity index (χ4n) is 0.463. The van der Waals surface area contributed by atoms with Crippen LogP contribution < -0.4 is 0 Å². The topological polar surface area (TPSA) is 23.1 Å². The first-order valence-electron chi connectivity index (χ1n) is 2.42. The largest absolute Gasteiger partial charge is 0.604 e. The zero-order chi connectivity index (χ0) is 5.28. The van der Waals surface area contributed by atoms with Crippen LogP contribution in [0.5, 0.6) is 0 Å². The molecule has 0 aliphatic carbocycles. The third-order valence-corrected chi connectivity index (χ3v) is 4.00. The van der Waals surface area contributed by atoms with Gasteiger partial charge in [0.15, 0.2) is 10.8 Å². The summed E-state index contributed by atoms with van der Waals surface area (Å²) in [4.78, 5) is 0. The van der Waals surface area contributed by atoms with E-state index in [4.69, 9.17) is 0 Å². The molecule has 1 rings (SSSR count). The molecule has 0 aromatic carbocycles. The van der Waals surface area contributed by atoms with Crippen LogP contribution in [0.3, 0.4) is 0 Å². The van der Waals surface area contributed by atoms with Gasteiger partial charge in [-0.1, -0.05) is 13.3 Å². The van der Waals surface area contributed by atoms with Gasteiger partial charge in [0.2, 0.25) is 4.58 Å². The summed E-state index contributed by atoms with van der Waals surface area (Å²) < 4.78 is 10.9. The second-order valence-corrected chi connectivity index (χ2v) is 5.29. The van der Waals surface area contributed by atoms with Gasteiger partial charge in [-0.25, -0.2) is 0 Å². The fraction of sp³-hybridized carbons (Fsp3) is 1.00. The number of hydrogen-bond acceptors (Lipinski definition) is 2. The first kappa shape index (κ1) is 5.79. The Kier molecular flexibility index (Phi) is 1.89. The van der Waals surface area contributed by atoms with Crippen molar-refractivity contribution in [2.75, 3.05) is 0 Å². The minimum absolute atomic E-state index is 0.482. The SMILES string of the molecule is CCCC1S[S+]1[O-]. The van der Waals surface area contributed by atoms with E-state index in [1.807, 2.05) is 0 Å². The highest BCUT2D eigenvalue weighted by atomic mass is 33.2. The van der Waals surface area contributed by atoms with Crippen LogP contribution in [0.25, 0.3) is 0 Å². The van der Waals surface area contributed by atoms with Gasteiger partial charge >= 0.3 is 0 Å². The molecule has 1 heterocycles. The Bertz CT molecular complexity index is 66.7. The molecule has 1 nitrogen and oxygen atoms in total. The highest BCUT2D eigenvalue weighted by Crippen LogP contribution is 2.46. The Morgan fingerprint density at radius 2 is 2.43 bits per heavy atom. The van der Waals surface area contributed by atoms with Crippen LogP contribution in [0.15, 0.2) is 0 Å². The summed E-state index contributed by atoms with van der Waals surface area (Å²) in [7, 11) is 1.11. The van der Waals surface area contributed by atoms with E-state index in [1.165, 1.54) is 6.42 Å². The smallest absolute Gasteiger partial charge is 0.220 e. The third-order valence-electron chi connectivity index (χ3n) is 0.903. The molecule has 3 heteroatoms. The van der Waals surface area contributed by atoms with Crippen molar-refractivity contribution in [2.45, 2.75) is 24.3 Å². The van der Waals surface area contributed by atoms with Crippen LogP contribution >= 0.6 is 10.8 Å². The van der Waals surface area contributed by atoms with Gasteiger partial charge in [0.05, 0.1) is 0 Å². The maximum Gasteiger partial charge on any atom is 0.220 e. The van der Waals surface area contributed by atoms with Crippen LogP contribution in [0.2, 0.25) is 0 Å². The summed E-state index contributed by atoms with van der Waals surface area (Å²) in [6, 6.07) is 0. The van der Waals surface area contributed by atoms with Gasteiger partial charge in [0, 0.05) is 16.6 Å². The van der Waals surface area contributed by atoms with E-state index in [-0.39, 0.29) is 0 Å². The third kappa shape index (κ3) is 1.55. The Morgan fingerprint density at radius 1 is 1.86 bits per heavy atom. The first-order chi connectivity index (χ1) is 3.34. The summed E-state index contributed by atoms with van der Waals surface area (Å²) in [5.41, 5.74) is 0. The Balaban J connectivity index is 1.98. The zero-order valence-electron chi connectivity index (χ0n) is 4.22. The molecule has 1 aliphatic heterocycles. The number of rotatable bonds is 2. The quantitative estimate of drug-likeness (QED) is 0.326. The monoisotopic (exact) mass is 136 g/mol. The second-order valence-electron chi connectivity index (χ2n) is 1.57. The molecule has 0 aromatic rings. The first-order valence-corrected chi connectivity index (χ1v) is 5.03. The molecule has 0 bridgehead atoms. The van der Waals surface area contributed by atoms with E-state index in [1.54, 1.807) is 10.8 Å². The molecule has 7 heavy (non-hydrogen) atoms. The minimum Gasteiger partial charge on any atom is -0.604 e. The van der Waals surface area contributed by atoms with Gasteiger partial charge in [0.1, 0.15) is 0 Å². The lowest BCUT2D eigenvalue weighted by Gasteiger charge is -1.80. The van der Waals surface area contributed by atoms with Crippen molar-refractivity contribution in [3.8, 4) is 0 Å². The lowest BCUT2D eigenvalue weighted by Crippen LogP contribution is -1.84. The highest BCUT2D eigenvalue weighted by Gasteiger charge is 2.44. The molecule has 0 aromatic heterocycles. The molecule has 1 saturated heterocycles. The normalized spacial score (nSPS) is 38.6. The predicted octanol–water partition coefficient (Wildman–Crippen LogP) is 1.52. The fourth-order valence-corrected chi connectivity index (χ4v) is 2.75. The van der Waals surface area contributed by atoms with Crippen LogP contribution in [-0.2, 0) is 10.2 Å². The zero-order valence-corrected chi connectivity index (χ0v) is 5.85. The lowest BCUT2D eigenvalue weighted by atomic mass is 10.4. The van der Waals surface area contributed by atoms with Crippen LogP contribution in [-0.4, -0.2) is 9.13 Å². The molecule has 1 aliphatic rings.